The van der Waals surface area contributed by atoms with Gasteiger partial charge in [0.15, 0.2) is 0 Å². The first-order valence-corrected chi connectivity index (χ1v) is 9.73. The molecule has 2 saturated carbocycles. The molecule has 2 rings (SSSR count). The molecular weight excluding hydrogens is 272 g/mol. The maximum atomic E-state index is 10.8. The summed E-state index contributed by atoms with van der Waals surface area (Å²) in [4.78, 5) is 19.8. The maximum absolute atomic E-state index is 10.8. The van der Waals surface area contributed by atoms with Crippen LogP contribution in [0.4, 0.5) is 0 Å². The van der Waals surface area contributed by atoms with Crippen molar-refractivity contribution in [2.75, 3.05) is 12.3 Å². The van der Waals surface area contributed by atoms with Crippen molar-refractivity contribution in [1.29, 1.82) is 0 Å². The van der Waals surface area contributed by atoms with Crippen LogP contribution < -0.4 is 39.8 Å². The second-order valence-corrected chi connectivity index (χ2v) is 10.6. The largest absolute Gasteiger partial charge is 1.00 e. The van der Waals surface area contributed by atoms with Gasteiger partial charge in [-0.25, -0.2) is 0 Å². The Balaban J connectivity index is 0.00000128. The smallest absolute Gasteiger partial charge is 0.793 e. The minimum Gasteiger partial charge on any atom is -0.793 e. The van der Waals surface area contributed by atoms with Gasteiger partial charge in [-0.05, 0) is 31.1 Å². The first kappa shape index (κ1) is 15.9. The van der Waals surface area contributed by atoms with E-state index in [1.165, 1.54) is 25.7 Å². The van der Waals surface area contributed by atoms with E-state index in [0.717, 1.165) is 29.8 Å². The van der Waals surface area contributed by atoms with Gasteiger partial charge < -0.3 is 15.1 Å². The molecule has 0 heterocycles. The Morgan fingerprint density at radius 3 is 2.69 bits per heavy atom. The standard InChI is InChI=1S/C9H18NO2PS2.Na/c11-13(12,14)15-4-3-10-9-6-7-1-2-8(9)5-7;/h7-10H,1-6H2,(H2,11,12,14);/q;+1/p-1. The monoisotopic (exact) mass is 289 g/mol. The number of fused-ring (bicyclic) bond motifs is 2. The van der Waals surface area contributed by atoms with E-state index in [2.05, 4.69) is 17.1 Å². The van der Waals surface area contributed by atoms with Gasteiger partial charge >= 0.3 is 29.6 Å². The van der Waals surface area contributed by atoms with Crippen molar-refractivity contribution in [2.24, 2.45) is 11.8 Å². The second-order valence-electron chi connectivity index (χ2n) is 4.54. The fourth-order valence-corrected chi connectivity index (χ4v) is 4.98. The first-order valence-electron chi connectivity index (χ1n) is 5.46. The number of rotatable bonds is 5. The molecule has 2 fully saturated rings. The summed E-state index contributed by atoms with van der Waals surface area (Å²) in [6, 6.07) is 0.660. The van der Waals surface area contributed by atoms with E-state index in [1.807, 2.05) is 0 Å². The maximum Gasteiger partial charge on any atom is 1.00 e. The molecule has 2 aliphatic carbocycles. The van der Waals surface area contributed by atoms with E-state index < -0.39 is 5.69 Å². The summed E-state index contributed by atoms with van der Waals surface area (Å²) in [6.45, 7) is 0.805. The van der Waals surface area contributed by atoms with Crippen LogP contribution in [-0.2, 0) is 11.8 Å². The van der Waals surface area contributed by atoms with Crippen LogP contribution in [0.25, 0.3) is 0 Å². The normalized spacial score (nSPS) is 35.8. The van der Waals surface area contributed by atoms with Gasteiger partial charge in [-0.3, -0.25) is 0 Å². The van der Waals surface area contributed by atoms with Gasteiger partial charge in [0.05, 0.1) is 0 Å². The molecule has 7 heteroatoms. The van der Waals surface area contributed by atoms with Gasteiger partial charge in [-0.1, -0.05) is 18.2 Å². The molecule has 4 unspecified atom stereocenters. The van der Waals surface area contributed by atoms with Crippen molar-refractivity contribution in [2.45, 2.75) is 31.7 Å². The third-order valence-electron chi connectivity index (χ3n) is 3.50. The summed E-state index contributed by atoms with van der Waals surface area (Å²) in [6.07, 6.45) is 5.48. The van der Waals surface area contributed by atoms with Crippen LogP contribution in [0.3, 0.4) is 0 Å². The van der Waals surface area contributed by atoms with Crippen molar-refractivity contribution >= 4 is 28.9 Å². The molecular formula is C9H17NNaO2PS2. The average Bonchev–Trinajstić information content (AvgIpc) is 2.71. The van der Waals surface area contributed by atoms with E-state index in [9.17, 15) is 4.89 Å². The van der Waals surface area contributed by atoms with Gasteiger partial charge in [-0.15, -0.1) is 11.4 Å². The Hall–Kier alpha value is 1.88. The quantitative estimate of drug-likeness (QED) is 0.351. The third-order valence-corrected chi connectivity index (χ3v) is 6.69. The minimum absolute atomic E-state index is 0. The van der Waals surface area contributed by atoms with Crippen molar-refractivity contribution < 1.29 is 39.3 Å². The Kier molecular flexibility index (Phi) is 6.85. The van der Waals surface area contributed by atoms with E-state index in [4.69, 9.17) is 4.89 Å². The molecule has 3 nitrogen and oxygen atoms in total. The average molecular weight is 289 g/mol. The summed E-state index contributed by atoms with van der Waals surface area (Å²) in [5.74, 6) is 2.46. The summed E-state index contributed by atoms with van der Waals surface area (Å²) in [7, 11) is 0. The van der Waals surface area contributed by atoms with Gasteiger partial charge in [0.1, 0.15) is 0 Å². The predicted molar refractivity (Wildman–Crippen MR) is 66.2 cm³/mol. The molecule has 0 aromatic heterocycles. The molecule has 0 saturated heterocycles. The van der Waals surface area contributed by atoms with Crippen LogP contribution in [0.15, 0.2) is 0 Å². The molecule has 0 aliphatic heterocycles. The van der Waals surface area contributed by atoms with Gasteiger partial charge in [0, 0.05) is 24.0 Å². The molecule has 88 valence electrons. The molecule has 0 radical (unpaired) electrons. The fraction of sp³-hybridized carbons (Fsp3) is 1.00. The van der Waals surface area contributed by atoms with Crippen molar-refractivity contribution in [3.05, 3.63) is 0 Å². The third kappa shape index (κ3) is 4.87. The van der Waals surface area contributed by atoms with E-state index in [1.54, 1.807) is 0 Å². The minimum atomic E-state index is -3.28. The zero-order chi connectivity index (χ0) is 10.9. The summed E-state index contributed by atoms with van der Waals surface area (Å²) in [5.41, 5.74) is -3.28. The van der Waals surface area contributed by atoms with Crippen molar-refractivity contribution in [3.63, 3.8) is 0 Å². The molecule has 16 heavy (non-hydrogen) atoms. The van der Waals surface area contributed by atoms with Crippen LogP contribution >= 0.6 is 17.1 Å². The Labute approximate surface area is 128 Å². The summed E-state index contributed by atoms with van der Waals surface area (Å²) < 4.78 is 0. The fourth-order valence-electron chi connectivity index (χ4n) is 2.90. The summed E-state index contributed by atoms with van der Waals surface area (Å²) in [5, 5.41) is 3.49. The first-order chi connectivity index (χ1) is 7.04. The number of hydrogen-bond acceptors (Lipinski definition) is 4. The molecule has 2 bridgehead atoms. The van der Waals surface area contributed by atoms with Crippen LogP contribution in [0.5, 0.6) is 0 Å². The van der Waals surface area contributed by atoms with Crippen LogP contribution in [0, 0.1) is 11.8 Å². The number of hydrogen-bond donors (Lipinski definition) is 2. The summed E-state index contributed by atoms with van der Waals surface area (Å²) >= 11 is 5.43. The molecule has 2 N–H and O–H groups in total. The molecule has 4 atom stereocenters. The van der Waals surface area contributed by atoms with E-state index in [-0.39, 0.29) is 29.6 Å². The van der Waals surface area contributed by atoms with Crippen LogP contribution in [-0.4, -0.2) is 23.2 Å². The van der Waals surface area contributed by atoms with Gasteiger partial charge in [-0.2, -0.15) is 0 Å². The molecule has 0 aromatic rings. The Bertz CT molecular complexity index is 276. The second kappa shape index (κ2) is 6.88. The van der Waals surface area contributed by atoms with E-state index in [0.29, 0.717) is 11.8 Å². The Morgan fingerprint density at radius 2 is 2.19 bits per heavy atom. The van der Waals surface area contributed by atoms with Crippen molar-refractivity contribution in [1.82, 2.24) is 5.32 Å². The van der Waals surface area contributed by atoms with Crippen molar-refractivity contribution in [3.8, 4) is 0 Å². The SMILES string of the molecule is [Na+].[O-]P(O)(=S)SCCNC1CC2CCC1C2. The molecule has 0 aromatic carbocycles. The molecule has 0 spiro atoms. The number of nitrogens with one attached hydrogen (secondary N) is 1. The molecule has 0 amide bonds. The molecule has 2 aliphatic rings. The topological polar surface area (TPSA) is 55.3 Å². The van der Waals surface area contributed by atoms with E-state index >= 15 is 0 Å². The Morgan fingerprint density at radius 1 is 1.44 bits per heavy atom. The predicted octanol–water partition coefficient (Wildman–Crippen LogP) is -1.92. The van der Waals surface area contributed by atoms with Gasteiger partial charge in [0.25, 0.3) is 0 Å². The zero-order valence-electron chi connectivity index (χ0n) is 9.59. The van der Waals surface area contributed by atoms with Crippen LogP contribution in [0.1, 0.15) is 25.7 Å². The zero-order valence-corrected chi connectivity index (χ0v) is 14.1. The van der Waals surface area contributed by atoms with Crippen LogP contribution in [0.2, 0.25) is 0 Å². The van der Waals surface area contributed by atoms with Gasteiger partial charge in [0.2, 0.25) is 0 Å².